The lowest BCUT2D eigenvalue weighted by molar-refractivity contribution is -0.138. The van der Waals surface area contributed by atoms with E-state index in [2.05, 4.69) is 10.6 Å². The van der Waals surface area contributed by atoms with Gasteiger partial charge in [0.2, 0.25) is 5.91 Å². The van der Waals surface area contributed by atoms with Crippen molar-refractivity contribution < 1.29 is 14.3 Å². The first kappa shape index (κ1) is 20.2. The minimum Gasteiger partial charge on any atom is -0.377 e. The van der Waals surface area contributed by atoms with Crippen molar-refractivity contribution in [3.8, 4) is 0 Å². The van der Waals surface area contributed by atoms with Gasteiger partial charge in [0.1, 0.15) is 6.04 Å². The zero-order valence-electron chi connectivity index (χ0n) is 16.0. The highest BCUT2D eigenvalue weighted by Crippen LogP contribution is 2.16. The molecule has 1 saturated heterocycles. The normalized spacial score (nSPS) is 18.5. The number of nitrogens with one attached hydrogen (secondary N) is 2. The lowest BCUT2D eigenvalue weighted by Crippen LogP contribution is -2.56. The number of amides is 3. The number of hydrogen-bond donors (Lipinski definition) is 2. The summed E-state index contributed by atoms with van der Waals surface area (Å²) in [4.78, 5) is 27.0. The summed E-state index contributed by atoms with van der Waals surface area (Å²) in [5.74, 6) is -0.0169. The Labute approximate surface area is 156 Å². The first-order valence-corrected chi connectivity index (χ1v) is 9.50. The minimum atomic E-state index is -0.536. The van der Waals surface area contributed by atoms with Crippen LogP contribution >= 0.6 is 0 Å². The fourth-order valence-corrected chi connectivity index (χ4v) is 3.19. The Hall–Kier alpha value is -2.08. The first-order chi connectivity index (χ1) is 12.5. The van der Waals surface area contributed by atoms with E-state index in [1.165, 1.54) is 0 Å². The predicted molar refractivity (Wildman–Crippen MR) is 102 cm³/mol. The van der Waals surface area contributed by atoms with Gasteiger partial charge in [-0.15, -0.1) is 0 Å². The molecule has 1 aliphatic rings. The van der Waals surface area contributed by atoms with Crippen molar-refractivity contribution in [2.45, 2.75) is 52.3 Å². The van der Waals surface area contributed by atoms with Gasteiger partial charge in [0.05, 0.1) is 6.10 Å². The highest BCUT2D eigenvalue weighted by atomic mass is 16.5. The highest BCUT2D eigenvalue weighted by molar-refractivity contribution is 5.87. The van der Waals surface area contributed by atoms with Crippen LogP contribution in [-0.4, -0.2) is 48.7 Å². The van der Waals surface area contributed by atoms with Crippen molar-refractivity contribution >= 4 is 11.9 Å². The summed E-state index contributed by atoms with van der Waals surface area (Å²) in [7, 11) is 0. The quantitative estimate of drug-likeness (QED) is 0.784. The summed E-state index contributed by atoms with van der Waals surface area (Å²) >= 11 is 0. The van der Waals surface area contributed by atoms with Gasteiger partial charge in [0.15, 0.2) is 0 Å². The van der Waals surface area contributed by atoms with Crippen molar-refractivity contribution in [3.05, 3.63) is 35.9 Å². The SMILES string of the molecule is CCOC1CCCN(C(=O)C(NC(=O)NCc2ccccc2)C(C)C)C1. The van der Waals surface area contributed by atoms with Gasteiger partial charge in [-0.3, -0.25) is 4.79 Å². The Balaban J connectivity index is 1.90. The summed E-state index contributed by atoms with van der Waals surface area (Å²) in [5, 5.41) is 5.67. The predicted octanol–water partition coefficient (Wildman–Crippen LogP) is 2.54. The van der Waals surface area contributed by atoms with Crippen LogP contribution < -0.4 is 10.6 Å². The largest absolute Gasteiger partial charge is 0.377 e. The molecular formula is C20H31N3O3. The molecule has 1 aromatic rings. The maximum absolute atomic E-state index is 12.9. The fraction of sp³-hybridized carbons (Fsp3) is 0.600. The third-order valence-electron chi connectivity index (χ3n) is 4.61. The number of rotatable bonds is 7. The highest BCUT2D eigenvalue weighted by Gasteiger charge is 2.31. The van der Waals surface area contributed by atoms with E-state index < -0.39 is 6.04 Å². The second-order valence-corrected chi connectivity index (χ2v) is 7.04. The molecule has 1 aliphatic heterocycles. The van der Waals surface area contributed by atoms with Gasteiger partial charge in [0, 0.05) is 26.2 Å². The molecule has 26 heavy (non-hydrogen) atoms. The second kappa shape index (κ2) is 10.2. The Kier molecular flexibility index (Phi) is 7.91. The van der Waals surface area contributed by atoms with Gasteiger partial charge in [-0.1, -0.05) is 44.2 Å². The number of ether oxygens (including phenoxy) is 1. The zero-order valence-corrected chi connectivity index (χ0v) is 16.0. The number of benzene rings is 1. The molecule has 2 atom stereocenters. The summed E-state index contributed by atoms with van der Waals surface area (Å²) in [6.45, 7) is 8.27. The van der Waals surface area contributed by atoms with Crippen LogP contribution in [0.3, 0.4) is 0 Å². The van der Waals surface area contributed by atoms with Gasteiger partial charge >= 0.3 is 6.03 Å². The molecule has 3 amide bonds. The van der Waals surface area contributed by atoms with Crippen LogP contribution in [0, 0.1) is 5.92 Å². The van der Waals surface area contributed by atoms with E-state index in [-0.39, 0.29) is 24.0 Å². The molecule has 0 aliphatic carbocycles. The summed E-state index contributed by atoms with van der Waals surface area (Å²) < 4.78 is 5.68. The molecule has 2 unspecified atom stereocenters. The van der Waals surface area contributed by atoms with E-state index in [9.17, 15) is 9.59 Å². The van der Waals surface area contributed by atoms with Crippen LogP contribution in [0.25, 0.3) is 0 Å². The molecule has 6 heteroatoms. The van der Waals surface area contributed by atoms with Crippen LogP contribution in [0.15, 0.2) is 30.3 Å². The number of carbonyl (C=O) groups excluding carboxylic acids is 2. The molecule has 6 nitrogen and oxygen atoms in total. The first-order valence-electron chi connectivity index (χ1n) is 9.50. The summed E-state index contributed by atoms with van der Waals surface area (Å²) in [6.07, 6.45) is 2.01. The molecule has 0 spiro atoms. The third-order valence-corrected chi connectivity index (χ3v) is 4.61. The van der Waals surface area contributed by atoms with Crippen molar-refractivity contribution in [2.75, 3.05) is 19.7 Å². The van der Waals surface area contributed by atoms with Crippen molar-refractivity contribution in [3.63, 3.8) is 0 Å². The standard InChI is InChI=1S/C20H31N3O3/c1-4-26-17-11-8-12-23(14-17)19(24)18(15(2)3)22-20(25)21-13-16-9-6-5-7-10-16/h5-7,9-10,15,17-18H,4,8,11-14H2,1-3H3,(H2,21,22,25). The average Bonchev–Trinajstić information content (AvgIpc) is 2.65. The van der Waals surface area contributed by atoms with Crippen LogP contribution in [0.2, 0.25) is 0 Å². The lowest BCUT2D eigenvalue weighted by atomic mass is 10.0. The Morgan fingerprint density at radius 3 is 2.65 bits per heavy atom. The van der Waals surface area contributed by atoms with Gasteiger partial charge < -0.3 is 20.3 Å². The smallest absolute Gasteiger partial charge is 0.315 e. The van der Waals surface area contributed by atoms with Crippen LogP contribution in [-0.2, 0) is 16.1 Å². The number of hydrogen-bond acceptors (Lipinski definition) is 3. The molecule has 1 aromatic carbocycles. The van der Waals surface area contributed by atoms with Crippen molar-refractivity contribution in [2.24, 2.45) is 5.92 Å². The van der Waals surface area contributed by atoms with E-state index in [0.29, 0.717) is 19.7 Å². The fourth-order valence-electron chi connectivity index (χ4n) is 3.19. The lowest BCUT2D eigenvalue weighted by Gasteiger charge is -2.35. The van der Waals surface area contributed by atoms with Gasteiger partial charge in [-0.25, -0.2) is 4.79 Å². The minimum absolute atomic E-state index is 0.0115. The molecule has 2 rings (SSSR count). The van der Waals surface area contributed by atoms with Gasteiger partial charge in [-0.2, -0.15) is 0 Å². The van der Waals surface area contributed by atoms with Gasteiger partial charge in [0.25, 0.3) is 0 Å². The number of nitrogens with zero attached hydrogens (tertiary/aromatic N) is 1. The molecule has 1 heterocycles. The maximum Gasteiger partial charge on any atom is 0.315 e. The maximum atomic E-state index is 12.9. The van der Waals surface area contributed by atoms with Crippen molar-refractivity contribution in [1.82, 2.24) is 15.5 Å². The van der Waals surface area contributed by atoms with E-state index in [0.717, 1.165) is 24.9 Å². The van der Waals surface area contributed by atoms with Gasteiger partial charge in [-0.05, 0) is 31.2 Å². The topological polar surface area (TPSA) is 70.7 Å². The summed E-state index contributed by atoms with van der Waals surface area (Å²) in [6, 6.07) is 8.84. The molecule has 0 bridgehead atoms. The molecule has 2 N–H and O–H groups in total. The number of piperidine rings is 1. The van der Waals surface area contributed by atoms with Crippen LogP contribution in [0.4, 0.5) is 4.79 Å². The second-order valence-electron chi connectivity index (χ2n) is 7.04. The number of likely N-dealkylation sites (tertiary alicyclic amines) is 1. The monoisotopic (exact) mass is 361 g/mol. The number of urea groups is 1. The zero-order chi connectivity index (χ0) is 18.9. The third kappa shape index (κ3) is 6.02. The Morgan fingerprint density at radius 2 is 2.00 bits per heavy atom. The molecule has 0 radical (unpaired) electrons. The van der Waals surface area contributed by atoms with Crippen molar-refractivity contribution in [1.29, 1.82) is 0 Å². The Bertz CT molecular complexity index is 575. The molecule has 1 fully saturated rings. The van der Waals surface area contributed by atoms with Crippen LogP contribution in [0.5, 0.6) is 0 Å². The van der Waals surface area contributed by atoms with E-state index in [4.69, 9.17) is 4.74 Å². The molecule has 0 saturated carbocycles. The molecule has 144 valence electrons. The average molecular weight is 361 g/mol. The van der Waals surface area contributed by atoms with E-state index in [1.54, 1.807) is 0 Å². The molecular weight excluding hydrogens is 330 g/mol. The Morgan fingerprint density at radius 1 is 1.27 bits per heavy atom. The summed E-state index contributed by atoms with van der Waals surface area (Å²) in [5.41, 5.74) is 1.02. The molecule has 0 aromatic heterocycles. The number of carbonyl (C=O) groups is 2. The van der Waals surface area contributed by atoms with E-state index >= 15 is 0 Å². The van der Waals surface area contributed by atoms with Crippen LogP contribution in [0.1, 0.15) is 39.2 Å². The van der Waals surface area contributed by atoms with E-state index in [1.807, 2.05) is 56.0 Å².